The second-order valence-electron chi connectivity index (χ2n) is 5.10. The minimum absolute atomic E-state index is 0.254. The number of rotatable bonds is 7. The fraction of sp³-hybridized carbons (Fsp3) is 0.278. The summed E-state index contributed by atoms with van der Waals surface area (Å²) in [6.07, 6.45) is 0. The van der Waals surface area contributed by atoms with E-state index in [9.17, 15) is 4.79 Å². The van der Waals surface area contributed by atoms with Crippen molar-refractivity contribution in [2.45, 2.75) is 6.54 Å². The van der Waals surface area contributed by atoms with Crippen molar-refractivity contribution in [1.82, 2.24) is 5.32 Å². The Morgan fingerprint density at radius 3 is 2.21 bits per heavy atom. The van der Waals surface area contributed by atoms with E-state index in [-0.39, 0.29) is 5.91 Å². The SMILES string of the molecule is CNCc1cccc(NC(=O)c2cc(OC)c(OC)c(OC)c2)c1. The van der Waals surface area contributed by atoms with Gasteiger partial charge in [0.15, 0.2) is 11.5 Å². The molecule has 2 aromatic rings. The number of carbonyl (C=O) groups is 1. The van der Waals surface area contributed by atoms with Crippen molar-refractivity contribution in [2.75, 3.05) is 33.7 Å². The molecule has 0 atom stereocenters. The van der Waals surface area contributed by atoms with Crippen LogP contribution in [0.1, 0.15) is 15.9 Å². The first-order valence-electron chi connectivity index (χ1n) is 7.47. The maximum atomic E-state index is 12.5. The molecule has 0 saturated heterocycles. The van der Waals surface area contributed by atoms with Gasteiger partial charge >= 0.3 is 0 Å². The quantitative estimate of drug-likeness (QED) is 0.817. The molecule has 0 saturated carbocycles. The van der Waals surface area contributed by atoms with Gasteiger partial charge in [0.05, 0.1) is 21.3 Å². The number of ether oxygens (including phenoxy) is 3. The molecule has 0 aliphatic carbocycles. The number of anilines is 1. The molecule has 0 aliphatic heterocycles. The molecule has 6 nitrogen and oxygen atoms in total. The summed E-state index contributed by atoms with van der Waals surface area (Å²) >= 11 is 0. The molecular formula is C18H22N2O4. The van der Waals surface area contributed by atoms with Crippen molar-refractivity contribution in [2.24, 2.45) is 0 Å². The normalized spacial score (nSPS) is 10.2. The average Bonchev–Trinajstić information content (AvgIpc) is 2.60. The molecule has 0 aliphatic rings. The molecule has 0 aromatic heterocycles. The van der Waals surface area contributed by atoms with Gasteiger partial charge in [0.25, 0.3) is 5.91 Å². The van der Waals surface area contributed by atoms with Crippen LogP contribution >= 0.6 is 0 Å². The van der Waals surface area contributed by atoms with Gasteiger partial charge in [0.1, 0.15) is 0 Å². The van der Waals surface area contributed by atoms with E-state index in [1.165, 1.54) is 21.3 Å². The van der Waals surface area contributed by atoms with E-state index in [1.54, 1.807) is 12.1 Å². The number of hydrogen-bond donors (Lipinski definition) is 2. The van der Waals surface area contributed by atoms with Crippen LogP contribution in [0.3, 0.4) is 0 Å². The molecule has 0 heterocycles. The van der Waals surface area contributed by atoms with Crippen molar-refractivity contribution < 1.29 is 19.0 Å². The zero-order valence-electron chi connectivity index (χ0n) is 14.3. The summed E-state index contributed by atoms with van der Waals surface area (Å²) in [7, 11) is 6.43. The second kappa shape index (κ2) is 8.21. The summed E-state index contributed by atoms with van der Waals surface area (Å²) in [4.78, 5) is 12.5. The van der Waals surface area contributed by atoms with Gasteiger partial charge in [-0.25, -0.2) is 0 Å². The van der Waals surface area contributed by atoms with Crippen LogP contribution in [-0.4, -0.2) is 34.3 Å². The van der Waals surface area contributed by atoms with Crippen LogP contribution in [0.4, 0.5) is 5.69 Å². The van der Waals surface area contributed by atoms with Gasteiger partial charge in [-0.15, -0.1) is 0 Å². The Labute approximate surface area is 141 Å². The summed E-state index contributed by atoms with van der Waals surface area (Å²) in [6.45, 7) is 0.730. The van der Waals surface area contributed by atoms with Crippen LogP contribution < -0.4 is 24.8 Å². The Hall–Kier alpha value is -2.73. The van der Waals surface area contributed by atoms with Crippen molar-refractivity contribution in [3.8, 4) is 17.2 Å². The third-order valence-corrected chi connectivity index (χ3v) is 3.49. The molecule has 0 spiro atoms. The van der Waals surface area contributed by atoms with Crippen molar-refractivity contribution in [3.63, 3.8) is 0 Å². The van der Waals surface area contributed by atoms with Crippen LogP contribution in [-0.2, 0) is 6.54 Å². The number of methoxy groups -OCH3 is 3. The highest BCUT2D eigenvalue weighted by Gasteiger charge is 2.17. The maximum Gasteiger partial charge on any atom is 0.255 e. The molecule has 0 radical (unpaired) electrons. The highest BCUT2D eigenvalue weighted by Crippen LogP contribution is 2.38. The van der Waals surface area contributed by atoms with Crippen molar-refractivity contribution in [1.29, 1.82) is 0 Å². The number of hydrogen-bond acceptors (Lipinski definition) is 5. The molecular weight excluding hydrogens is 308 g/mol. The fourth-order valence-corrected chi connectivity index (χ4v) is 2.38. The van der Waals surface area contributed by atoms with E-state index >= 15 is 0 Å². The monoisotopic (exact) mass is 330 g/mol. The molecule has 2 N–H and O–H groups in total. The minimum Gasteiger partial charge on any atom is -0.493 e. The number of benzene rings is 2. The molecule has 2 aromatic carbocycles. The first kappa shape index (κ1) is 17.6. The second-order valence-corrected chi connectivity index (χ2v) is 5.10. The van der Waals surface area contributed by atoms with E-state index in [1.807, 2.05) is 31.3 Å². The van der Waals surface area contributed by atoms with Gasteiger partial charge in [0, 0.05) is 17.8 Å². The number of nitrogens with one attached hydrogen (secondary N) is 2. The molecule has 128 valence electrons. The summed E-state index contributed by atoms with van der Waals surface area (Å²) < 4.78 is 15.8. The standard InChI is InChI=1S/C18H22N2O4/c1-19-11-12-6-5-7-14(8-12)20-18(21)13-9-15(22-2)17(24-4)16(10-13)23-3/h5-10,19H,11H2,1-4H3,(H,20,21). The van der Waals surface area contributed by atoms with E-state index in [0.717, 1.165) is 17.8 Å². The molecule has 0 bridgehead atoms. The topological polar surface area (TPSA) is 68.8 Å². The third-order valence-electron chi connectivity index (χ3n) is 3.49. The van der Waals surface area contributed by atoms with Crippen molar-refractivity contribution >= 4 is 11.6 Å². The van der Waals surface area contributed by atoms with Gasteiger partial charge in [-0.1, -0.05) is 12.1 Å². The van der Waals surface area contributed by atoms with Crippen LogP contribution in [0.15, 0.2) is 36.4 Å². The predicted octanol–water partition coefficient (Wildman–Crippen LogP) is 2.68. The zero-order valence-corrected chi connectivity index (χ0v) is 14.3. The summed E-state index contributed by atoms with van der Waals surface area (Å²) in [5.74, 6) is 1.07. The summed E-state index contributed by atoms with van der Waals surface area (Å²) in [6, 6.07) is 10.9. The molecule has 2 rings (SSSR count). The smallest absolute Gasteiger partial charge is 0.255 e. The Morgan fingerprint density at radius 1 is 1.00 bits per heavy atom. The highest BCUT2D eigenvalue weighted by molar-refractivity contribution is 6.05. The Bertz CT molecular complexity index is 691. The van der Waals surface area contributed by atoms with Crippen LogP contribution in [0.5, 0.6) is 17.2 Å². The summed E-state index contributed by atoms with van der Waals surface area (Å²) in [5, 5.41) is 5.96. The van der Waals surface area contributed by atoms with Gasteiger partial charge in [0.2, 0.25) is 5.75 Å². The van der Waals surface area contributed by atoms with E-state index in [2.05, 4.69) is 10.6 Å². The predicted molar refractivity (Wildman–Crippen MR) is 93.3 cm³/mol. The molecule has 0 fully saturated rings. The van der Waals surface area contributed by atoms with Gasteiger partial charge in [-0.2, -0.15) is 0 Å². The van der Waals surface area contributed by atoms with Crippen molar-refractivity contribution in [3.05, 3.63) is 47.5 Å². The lowest BCUT2D eigenvalue weighted by molar-refractivity contribution is 0.102. The largest absolute Gasteiger partial charge is 0.493 e. The number of amides is 1. The molecule has 1 amide bonds. The lowest BCUT2D eigenvalue weighted by Crippen LogP contribution is -2.13. The maximum absolute atomic E-state index is 12.5. The first-order valence-corrected chi connectivity index (χ1v) is 7.47. The highest BCUT2D eigenvalue weighted by atomic mass is 16.5. The minimum atomic E-state index is -0.254. The molecule has 24 heavy (non-hydrogen) atoms. The van der Waals surface area contributed by atoms with Gasteiger partial charge in [-0.05, 0) is 36.9 Å². The lowest BCUT2D eigenvalue weighted by Gasteiger charge is -2.14. The fourth-order valence-electron chi connectivity index (χ4n) is 2.38. The van der Waals surface area contributed by atoms with E-state index in [4.69, 9.17) is 14.2 Å². The Morgan fingerprint density at radius 2 is 1.67 bits per heavy atom. The van der Waals surface area contributed by atoms with E-state index < -0.39 is 0 Å². The molecule has 0 unspecified atom stereocenters. The number of carbonyl (C=O) groups excluding carboxylic acids is 1. The Kier molecular flexibility index (Phi) is 6.03. The van der Waals surface area contributed by atoms with Gasteiger partial charge < -0.3 is 24.8 Å². The van der Waals surface area contributed by atoms with Crippen LogP contribution in [0, 0.1) is 0 Å². The van der Waals surface area contributed by atoms with E-state index in [0.29, 0.717) is 22.8 Å². The third kappa shape index (κ3) is 3.97. The van der Waals surface area contributed by atoms with Crippen LogP contribution in [0.2, 0.25) is 0 Å². The average molecular weight is 330 g/mol. The zero-order chi connectivity index (χ0) is 17.5. The lowest BCUT2D eigenvalue weighted by atomic mass is 10.1. The molecule has 6 heteroatoms. The summed E-state index contributed by atoms with van der Waals surface area (Å²) in [5.41, 5.74) is 2.23. The van der Waals surface area contributed by atoms with Gasteiger partial charge in [-0.3, -0.25) is 4.79 Å². The Balaban J connectivity index is 2.28. The first-order chi connectivity index (χ1) is 11.6. The van der Waals surface area contributed by atoms with Crippen LogP contribution in [0.25, 0.3) is 0 Å².